The zero-order chi connectivity index (χ0) is 20.3. The third-order valence-corrected chi connectivity index (χ3v) is 5.74. The molecule has 28 heavy (non-hydrogen) atoms. The Morgan fingerprint density at radius 3 is 2.57 bits per heavy atom. The van der Waals surface area contributed by atoms with Crippen LogP contribution in [0.15, 0.2) is 52.0 Å². The van der Waals surface area contributed by atoms with E-state index in [1.807, 2.05) is 19.9 Å². The lowest BCUT2D eigenvalue weighted by molar-refractivity contribution is 0.353. The summed E-state index contributed by atoms with van der Waals surface area (Å²) in [5.41, 5.74) is 1.43. The Bertz CT molecular complexity index is 1050. The average molecular weight is 402 g/mol. The second-order valence-corrected chi connectivity index (χ2v) is 8.26. The molecule has 9 heteroatoms. The Balaban J connectivity index is 1.87. The number of hydrogen-bond donors (Lipinski definition) is 1. The predicted molar refractivity (Wildman–Crippen MR) is 103 cm³/mol. The molecule has 8 nitrogen and oxygen atoms in total. The topological polar surface area (TPSA) is 107 Å². The second-order valence-electron chi connectivity index (χ2n) is 6.58. The van der Waals surface area contributed by atoms with Crippen LogP contribution in [0.25, 0.3) is 11.5 Å². The van der Waals surface area contributed by atoms with Gasteiger partial charge in [0.2, 0.25) is 21.7 Å². The maximum Gasteiger partial charge on any atom is 0.244 e. The van der Waals surface area contributed by atoms with E-state index in [4.69, 9.17) is 9.26 Å². The first-order valence-corrected chi connectivity index (χ1v) is 10.3. The van der Waals surface area contributed by atoms with Crippen LogP contribution in [-0.2, 0) is 10.0 Å². The fourth-order valence-electron chi connectivity index (χ4n) is 2.62. The maximum atomic E-state index is 13.0. The molecule has 0 fully saturated rings. The van der Waals surface area contributed by atoms with Gasteiger partial charge in [-0.25, -0.2) is 8.42 Å². The number of rotatable bonds is 7. The Hall–Kier alpha value is -2.78. The highest BCUT2D eigenvalue weighted by molar-refractivity contribution is 7.89. The molecule has 3 aromatic rings. The highest BCUT2D eigenvalue weighted by Gasteiger charge is 2.26. The second kappa shape index (κ2) is 8.07. The van der Waals surface area contributed by atoms with Gasteiger partial charge in [-0.1, -0.05) is 31.1 Å². The number of sulfonamides is 1. The molecule has 148 valence electrons. The predicted octanol–water partition coefficient (Wildman–Crippen LogP) is 3.30. The normalized spacial score (nSPS) is 12.9. The van der Waals surface area contributed by atoms with Crippen molar-refractivity contribution in [3.63, 3.8) is 0 Å². The molecule has 0 amide bonds. The van der Waals surface area contributed by atoms with Crippen LogP contribution in [0, 0.1) is 0 Å². The van der Waals surface area contributed by atoms with Crippen LogP contribution in [0.2, 0.25) is 0 Å². The van der Waals surface area contributed by atoms with Gasteiger partial charge >= 0.3 is 0 Å². The molecule has 0 aliphatic rings. The minimum absolute atomic E-state index is 0.0671. The van der Waals surface area contributed by atoms with Gasteiger partial charge in [-0.15, -0.1) is 0 Å². The van der Waals surface area contributed by atoms with Gasteiger partial charge in [0.05, 0.1) is 13.2 Å². The van der Waals surface area contributed by atoms with E-state index in [-0.39, 0.29) is 22.5 Å². The fourth-order valence-corrected chi connectivity index (χ4v) is 4.02. The Labute approximate surface area is 164 Å². The van der Waals surface area contributed by atoms with E-state index in [1.165, 1.54) is 7.11 Å². The van der Waals surface area contributed by atoms with E-state index >= 15 is 0 Å². The van der Waals surface area contributed by atoms with Crippen LogP contribution < -0.4 is 9.46 Å². The highest BCUT2D eigenvalue weighted by Crippen LogP contribution is 2.29. The third kappa shape index (κ3) is 4.20. The van der Waals surface area contributed by atoms with Crippen LogP contribution in [-0.4, -0.2) is 30.7 Å². The first-order valence-electron chi connectivity index (χ1n) is 8.77. The molecule has 0 unspecified atom stereocenters. The summed E-state index contributed by atoms with van der Waals surface area (Å²) in [6.45, 7) is 5.61. The molecule has 0 spiro atoms. The quantitative estimate of drug-likeness (QED) is 0.646. The number of methoxy groups -OCH3 is 1. The zero-order valence-corrected chi connectivity index (χ0v) is 16.9. The SMILES string of the molecule is COc1ccc(C(C)C)cc1S(=O)(=O)N[C@H](C)c1nc(-c2ccccn2)no1. The van der Waals surface area contributed by atoms with Crippen molar-refractivity contribution in [2.24, 2.45) is 0 Å². The molecule has 1 N–H and O–H groups in total. The summed E-state index contributed by atoms with van der Waals surface area (Å²) in [6.07, 6.45) is 1.62. The average Bonchev–Trinajstić information content (AvgIpc) is 3.18. The van der Waals surface area contributed by atoms with E-state index in [9.17, 15) is 8.42 Å². The largest absolute Gasteiger partial charge is 0.495 e. The summed E-state index contributed by atoms with van der Waals surface area (Å²) < 4.78 is 38.9. The Morgan fingerprint density at radius 1 is 1.14 bits per heavy atom. The molecule has 0 saturated heterocycles. The smallest absolute Gasteiger partial charge is 0.244 e. The Morgan fingerprint density at radius 2 is 1.93 bits per heavy atom. The van der Waals surface area contributed by atoms with E-state index in [0.29, 0.717) is 11.5 Å². The van der Waals surface area contributed by atoms with Crippen molar-refractivity contribution in [1.82, 2.24) is 19.8 Å². The summed E-state index contributed by atoms with van der Waals surface area (Å²) >= 11 is 0. The van der Waals surface area contributed by atoms with E-state index in [2.05, 4.69) is 19.8 Å². The van der Waals surface area contributed by atoms with Crippen molar-refractivity contribution in [1.29, 1.82) is 0 Å². The lowest BCUT2D eigenvalue weighted by Gasteiger charge is -2.15. The van der Waals surface area contributed by atoms with Gasteiger partial charge in [0.25, 0.3) is 0 Å². The number of nitrogens with one attached hydrogen (secondary N) is 1. The van der Waals surface area contributed by atoms with E-state index in [0.717, 1.165) is 5.56 Å². The van der Waals surface area contributed by atoms with Crippen LogP contribution in [0.3, 0.4) is 0 Å². The van der Waals surface area contributed by atoms with Crippen molar-refractivity contribution in [2.45, 2.75) is 37.6 Å². The molecule has 0 radical (unpaired) electrons. The first kappa shape index (κ1) is 20.0. The van der Waals surface area contributed by atoms with Crippen molar-refractivity contribution in [3.8, 4) is 17.3 Å². The summed E-state index contributed by atoms with van der Waals surface area (Å²) in [7, 11) is -2.45. The zero-order valence-electron chi connectivity index (χ0n) is 16.1. The number of aromatic nitrogens is 3. The van der Waals surface area contributed by atoms with Gasteiger partial charge in [0.15, 0.2) is 0 Å². The number of pyridine rings is 1. The van der Waals surface area contributed by atoms with Gasteiger partial charge in [-0.2, -0.15) is 9.71 Å². The van der Waals surface area contributed by atoms with Gasteiger partial charge in [0.1, 0.15) is 16.3 Å². The molecule has 2 heterocycles. The lowest BCUT2D eigenvalue weighted by Crippen LogP contribution is -2.27. The van der Waals surface area contributed by atoms with Crippen molar-refractivity contribution in [3.05, 3.63) is 54.0 Å². The van der Waals surface area contributed by atoms with Crippen LogP contribution in [0.5, 0.6) is 5.75 Å². The van der Waals surface area contributed by atoms with Crippen LogP contribution in [0.1, 0.15) is 44.2 Å². The molecule has 0 aliphatic carbocycles. The molecule has 1 aromatic carbocycles. The van der Waals surface area contributed by atoms with Gasteiger partial charge in [-0.05, 0) is 42.7 Å². The Kier molecular flexibility index (Phi) is 5.76. The molecule has 0 saturated carbocycles. The van der Waals surface area contributed by atoms with Crippen molar-refractivity contribution >= 4 is 10.0 Å². The fraction of sp³-hybridized carbons (Fsp3) is 0.316. The summed E-state index contributed by atoms with van der Waals surface area (Å²) in [5, 5.41) is 3.87. The standard InChI is InChI=1S/C19H22N4O4S/c1-12(2)14-8-9-16(26-4)17(11-14)28(24,25)23-13(3)19-21-18(22-27-19)15-7-5-6-10-20-15/h5-13,23H,1-4H3/t13-/m1/s1. The molecule has 2 aromatic heterocycles. The van der Waals surface area contributed by atoms with Crippen molar-refractivity contribution in [2.75, 3.05) is 7.11 Å². The molecule has 0 bridgehead atoms. The molecular formula is C19H22N4O4S. The maximum absolute atomic E-state index is 13.0. The summed E-state index contributed by atoms with van der Waals surface area (Å²) in [4.78, 5) is 8.47. The minimum Gasteiger partial charge on any atom is -0.495 e. The molecule has 3 rings (SSSR count). The summed E-state index contributed by atoms with van der Waals surface area (Å²) in [5.74, 6) is 0.877. The highest BCUT2D eigenvalue weighted by atomic mass is 32.2. The summed E-state index contributed by atoms with van der Waals surface area (Å²) in [6, 6.07) is 9.71. The first-order chi connectivity index (χ1) is 13.3. The molecule has 1 atom stereocenters. The van der Waals surface area contributed by atoms with Crippen molar-refractivity contribution < 1.29 is 17.7 Å². The minimum atomic E-state index is -3.88. The molecule has 0 aliphatic heterocycles. The van der Waals surface area contributed by atoms with E-state index < -0.39 is 16.1 Å². The number of benzene rings is 1. The lowest BCUT2D eigenvalue weighted by atomic mass is 10.0. The van der Waals surface area contributed by atoms with Gasteiger partial charge < -0.3 is 9.26 Å². The third-order valence-electron chi connectivity index (χ3n) is 4.18. The van der Waals surface area contributed by atoms with Crippen LogP contribution >= 0.6 is 0 Å². The van der Waals surface area contributed by atoms with Crippen LogP contribution in [0.4, 0.5) is 0 Å². The van der Waals surface area contributed by atoms with Gasteiger partial charge in [-0.3, -0.25) is 4.98 Å². The van der Waals surface area contributed by atoms with Gasteiger partial charge in [0, 0.05) is 6.20 Å². The molecular weight excluding hydrogens is 380 g/mol. The number of nitrogens with zero attached hydrogens (tertiary/aromatic N) is 3. The number of ether oxygens (including phenoxy) is 1. The van der Waals surface area contributed by atoms with E-state index in [1.54, 1.807) is 43.5 Å². The monoisotopic (exact) mass is 402 g/mol. The number of hydrogen-bond acceptors (Lipinski definition) is 7.